The van der Waals surface area contributed by atoms with Crippen LogP contribution in [0.15, 0.2) is 53.7 Å². The number of rotatable bonds is 2. The number of nitrogens with one attached hydrogen (secondary N) is 1. The summed E-state index contributed by atoms with van der Waals surface area (Å²) in [4.78, 5) is 21.6. The van der Waals surface area contributed by atoms with Gasteiger partial charge in [0.1, 0.15) is 12.0 Å². The number of hydrogen-bond acceptors (Lipinski definition) is 10. The Kier molecular flexibility index (Phi) is 5.84. The number of methoxy groups -OCH3 is 2. The second-order valence-electron chi connectivity index (χ2n) is 19.4. The van der Waals surface area contributed by atoms with Gasteiger partial charge in [0.05, 0.1) is 47.8 Å². The zero-order valence-corrected chi connectivity index (χ0v) is 31.5. The highest BCUT2D eigenvalue weighted by molar-refractivity contribution is 5.93. The maximum atomic E-state index is 14.1. The van der Waals surface area contributed by atoms with Gasteiger partial charge in [-0.3, -0.25) is 9.80 Å². The Hall–Kier alpha value is -3.15. The van der Waals surface area contributed by atoms with Gasteiger partial charge in [-0.25, -0.2) is 4.79 Å². The average Bonchev–Trinajstić information content (AvgIpc) is 4.04. The molecule has 13 rings (SSSR count). The molecule has 6 saturated heterocycles. The highest BCUT2D eigenvalue weighted by Crippen LogP contribution is 2.78. The molecule has 3 aliphatic carbocycles. The molecule has 0 unspecified atom stereocenters. The van der Waals surface area contributed by atoms with Crippen molar-refractivity contribution in [2.75, 3.05) is 57.2 Å². The lowest BCUT2D eigenvalue weighted by Gasteiger charge is -2.71. The van der Waals surface area contributed by atoms with E-state index in [1.165, 1.54) is 43.9 Å². The van der Waals surface area contributed by atoms with Crippen molar-refractivity contribution >= 4 is 17.3 Å². The Balaban J connectivity index is 1.04. The van der Waals surface area contributed by atoms with Crippen molar-refractivity contribution in [2.24, 2.45) is 28.1 Å². The zero-order chi connectivity index (χ0) is 36.2. The molecule has 11 aliphatic rings. The van der Waals surface area contributed by atoms with Crippen molar-refractivity contribution < 1.29 is 29.2 Å². The monoisotopic (exact) mass is 732 g/mol. The summed E-state index contributed by atoms with van der Waals surface area (Å²) >= 11 is 0. The first kappa shape index (κ1) is 32.0. The third-order valence-electron chi connectivity index (χ3n) is 18.4. The summed E-state index contributed by atoms with van der Waals surface area (Å²) in [6.45, 7) is 3.91. The van der Waals surface area contributed by atoms with Crippen LogP contribution in [-0.2, 0) is 25.1 Å². The number of fused-ring (bicyclic) bond motifs is 4. The highest BCUT2D eigenvalue weighted by atomic mass is 16.5. The third-order valence-corrected chi connectivity index (χ3v) is 18.4. The number of aliphatic hydroxyl groups is 2. The molecule has 2 aromatic carbocycles. The van der Waals surface area contributed by atoms with Crippen LogP contribution in [0.4, 0.5) is 11.4 Å². The smallest absolute Gasteiger partial charge is 0.335 e. The number of carbonyl (C=O) groups is 1. The maximum absolute atomic E-state index is 14.1. The van der Waals surface area contributed by atoms with Crippen LogP contribution in [0.3, 0.4) is 0 Å². The number of carbonyl (C=O) groups excluding carboxylic acids is 1. The van der Waals surface area contributed by atoms with E-state index in [0.717, 1.165) is 73.7 Å². The van der Waals surface area contributed by atoms with E-state index in [9.17, 15) is 15.0 Å². The number of aliphatic hydroxyl groups excluding tert-OH is 1. The predicted molar refractivity (Wildman–Crippen MR) is 200 cm³/mol. The fourth-order valence-corrected chi connectivity index (χ4v) is 17.4. The first-order valence-electron chi connectivity index (χ1n) is 20.9. The number of piperidine rings is 3. The molecule has 2 aromatic rings. The Bertz CT molecular complexity index is 2090. The molecule has 3 N–H and O–H groups in total. The Morgan fingerprint density at radius 2 is 1.76 bits per heavy atom. The van der Waals surface area contributed by atoms with Crippen LogP contribution in [0, 0.1) is 28.1 Å². The van der Waals surface area contributed by atoms with Crippen LogP contribution >= 0.6 is 0 Å². The molecule has 0 aromatic heterocycles. The van der Waals surface area contributed by atoms with Gasteiger partial charge in [-0.2, -0.15) is 0 Å². The largest absolute Gasteiger partial charge is 0.495 e. The van der Waals surface area contributed by atoms with E-state index in [0.29, 0.717) is 38.0 Å². The van der Waals surface area contributed by atoms with E-state index in [-0.39, 0.29) is 29.4 Å². The van der Waals surface area contributed by atoms with Gasteiger partial charge in [-0.05, 0) is 105 Å². The first-order valence-corrected chi connectivity index (χ1v) is 20.9. The lowest BCUT2D eigenvalue weighted by molar-refractivity contribution is -0.275. The molecule has 54 heavy (non-hydrogen) atoms. The van der Waals surface area contributed by atoms with Crippen molar-refractivity contribution in [3.8, 4) is 5.75 Å². The van der Waals surface area contributed by atoms with Crippen molar-refractivity contribution in [1.29, 1.82) is 0 Å². The third kappa shape index (κ3) is 3.04. The summed E-state index contributed by atoms with van der Waals surface area (Å²) in [6.07, 6.45) is 8.66. The molecule has 8 heterocycles. The number of hydrogen-bond donors (Lipinski definition) is 3. The van der Waals surface area contributed by atoms with Crippen LogP contribution < -0.4 is 15.0 Å². The van der Waals surface area contributed by atoms with Crippen molar-refractivity contribution in [3.05, 3.63) is 64.9 Å². The van der Waals surface area contributed by atoms with Crippen molar-refractivity contribution in [2.45, 2.75) is 105 Å². The number of benzene rings is 2. The molecule has 2 saturated carbocycles. The summed E-state index contributed by atoms with van der Waals surface area (Å²) in [7, 11) is 3.26. The Morgan fingerprint density at radius 3 is 2.63 bits per heavy atom. The molecule has 12 atom stereocenters. The summed E-state index contributed by atoms with van der Waals surface area (Å²) in [5, 5.41) is 31.2. The Morgan fingerprint density at radius 1 is 0.907 bits per heavy atom. The minimum Gasteiger partial charge on any atom is -0.495 e. The van der Waals surface area contributed by atoms with E-state index >= 15 is 0 Å². The molecule has 8 fully saturated rings. The molecule has 0 bridgehead atoms. The number of anilines is 2. The van der Waals surface area contributed by atoms with Gasteiger partial charge in [0.15, 0.2) is 5.72 Å². The van der Waals surface area contributed by atoms with Crippen LogP contribution in [0.1, 0.15) is 75.3 Å². The maximum Gasteiger partial charge on any atom is 0.335 e. The molecular weight excluding hydrogens is 681 g/mol. The first-order chi connectivity index (χ1) is 26.2. The van der Waals surface area contributed by atoms with Crippen LogP contribution in [0.5, 0.6) is 5.75 Å². The van der Waals surface area contributed by atoms with E-state index in [1.807, 2.05) is 0 Å². The topological polar surface area (TPSA) is 107 Å². The molecule has 10 nitrogen and oxygen atoms in total. The minimum absolute atomic E-state index is 0.0412. The standard InChI is InChI=1S/C44H52N4O6/c1-52-31-11-5-9-29-32(31)48-24-41(22-26-21-39-13-6-7-25(39)12-17-46-18-15-43(29,36(39)46)44(26,48)51)37-40(16-20-54-37)23-27(34(49)53-2)33-42(14-19-47(35(40)42)38(41)50)28-8-3-4-10-30(28)45-33/h3-5,8-11,25-26,35-38,45,50-51H,6-7,12-24H2,1-2H3/t25-,26-,35-,36-,37+,38+,39+,40-,41-,42-,43+,44+/m0/s1. The molecule has 5 spiro atoms. The van der Waals surface area contributed by atoms with Crippen LogP contribution in [-0.4, -0.2) is 103 Å². The normalized spacial score (nSPS) is 48.3. The van der Waals surface area contributed by atoms with Crippen molar-refractivity contribution in [3.63, 3.8) is 0 Å². The lowest BCUT2D eigenvalue weighted by atomic mass is 9.42. The average molecular weight is 733 g/mol. The number of nitrogens with zero attached hydrogens (tertiary/aromatic N) is 3. The van der Waals surface area contributed by atoms with Gasteiger partial charge in [0.2, 0.25) is 0 Å². The van der Waals surface area contributed by atoms with Gasteiger partial charge in [0.25, 0.3) is 0 Å². The van der Waals surface area contributed by atoms with Crippen LogP contribution in [0.25, 0.3) is 0 Å². The predicted octanol–water partition coefficient (Wildman–Crippen LogP) is 4.49. The second-order valence-corrected chi connectivity index (χ2v) is 19.4. The van der Waals surface area contributed by atoms with E-state index in [2.05, 4.69) is 62.5 Å². The molecular formula is C44H52N4O6. The molecule has 0 radical (unpaired) electrons. The summed E-state index contributed by atoms with van der Waals surface area (Å²) < 4.78 is 19.0. The fourth-order valence-electron chi connectivity index (χ4n) is 17.4. The number of esters is 1. The van der Waals surface area contributed by atoms with Gasteiger partial charge in [-0.1, -0.05) is 36.8 Å². The summed E-state index contributed by atoms with van der Waals surface area (Å²) in [6, 6.07) is 15.3. The molecule has 10 heteroatoms. The second kappa shape index (κ2) is 9.86. The quantitative estimate of drug-likeness (QED) is 0.383. The highest BCUT2D eigenvalue weighted by Gasteiger charge is 2.84. The lowest BCUT2D eigenvalue weighted by Crippen LogP contribution is -2.82. The molecule has 0 amide bonds. The van der Waals surface area contributed by atoms with E-state index < -0.39 is 33.6 Å². The number of ether oxygens (including phenoxy) is 3. The Labute approximate surface area is 316 Å². The molecule has 284 valence electrons. The fraction of sp³-hybridized carbons (Fsp3) is 0.659. The van der Waals surface area contributed by atoms with Gasteiger partial charge >= 0.3 is 5.97 Å². The van der Waals surface area contributed by atoms with E-state index in [1.54, 1.807) is 7.11 Å². The van der Waals surface area contributed by atoms with E-state index in [4.69, 9.17) is 14.2 Å². The van der Waals surface area contributed by atoms with Gasteiger partial charge < -0.3 is 34.6 Å². The van der Waals surface area contributed by atoms with Gasteiger partial charge in [0, 0.05) is 54.5 Å². The summed E-state index contributed by atoms with van der Waals surface area (Å²) in [5.74, 6) is 1.13. The summed E-state index contributed by atoms with van der Waals surface area (Å²) in [5.41, 5.74) is 3.22. The van der Waals surface area contributed by atoms with Gasteiger partial charge in [-0.15, -0.1) is 0 Å². The van der Waals surface area contributed by atoms with Crippen LogP contribution in [0.2, 0.25) is 0 Å². The molecule has 8 aliphatic heterocycles. The SMILES string of the molecule is COC(=O)C1=C2Nc3ccccc3[C@@]23CCN2[C@H](O)[C@]4(C[C@@H]5C[C@]67CCC[C@H]6CCN6CC[C@@]8(c9cccc(OC)c9N(C4)[C@@]58O)[C@@H]67)[C@@H]4OCC[C@]4(C1)[C@H]23. The zero-order valence-electron chi connectivity index (χ0n) is 31.5. The number of para-hydroxylation sites is 2. The minimum atomic E-state index is -1.11. The van der Waals surface area contributed by atoms with Crippen molar-refractivity contribution in [1.82, 2.24) is 9.80 Å².